The Balaban J connectivity index is 2.71. The van der Waals surface area contributed by atoms with Gasteiger partial charge in [-0.25, -0.2) is 4.72 Å². The number of carbonyl (C=O) groups is 1. The summed E-state index contributed by atoms with van der Waals surface area (Å²) in [7, 11) is -3.68. The van der Waals surface area contributed by atoms with Gasteiger partial charge in [-0.1, -0.05) is 6.92 Å². The van der Waals surface area contributed by atoms with E-state index in [-0.39, 0.29) is 13.2 Å². The van der Waals surface area contributed by atoms with Gasteiger partial charge in [0.05, 0.1) is 19.3 Å². The smallest absolute Gasteiger partial charge is 0.313 e. The van der Waals surface area contributed by atoms with Crippen LogP contribution in [0, 0.1) is 5.41 Å². The van der Waals surface area contributed by atoms with Crippen molar-refractivity contribution in [2.75, 3.05) is 19.8 Å². The Morgan fingerprint density at radius 2 is 2.24 bits per heavy atom. The van der Waals surface area contributed by atoms with Crippen LogP contribution >= 0.6 is 0 Å². The molecular weight excluding hydrogens is 248 g/mol. The molecule has 100 valence electrons. The van der Waals surface area contributed by atoms with E-state index in [0.29, 0.717) is 13.0 Å². The van der Waals surface area contributed by atoms with E-state index < -0.39 is 27.6 Å². The minimum absolute atomic E-state index is 0.00327. The second kappa shape index (κ2) is 5.30. The van der Waals surface area contributed by atoms with Gasteiger partial charge in [-0.15, -0.1) is 0 Å². The highest BCUT2D eigenvalue weighted by molar-refractivity contribution is 7.87. The fourth-order valence-electron chi connectivity index (χ4n) is 1.51. The van der Waals surface area contributed by atoms with Crippen LogP contribution in [0.1, 0.15) is 20.3 Å². The summed E-state index contributed by atoms with van der Waals surface area (Å²) in [6, 6.07) is -0.755. The minimum atomic E-state index is -3.68. The highest BCUT2D eigenvalue weighted by Crippen LogP contribution is 2.28. The quantitative estimate of drug-likeness (QED) is 0.590. The predicted octanol–water partition coefficient (Wildman–Crippen LogP) is -0.690. The van der Waals surface area contributed by atoms with Crippen molar-refractivity contribution in [3.05, 3.63) is 0 Å². The van der Waals surface area contributed by atoms with E-state index >= 15 is 0 Å². The Hall–Kier alpha value is -0.700. The summed E-state index contributed by atoms with van der Waals surface area (Å²) in [5, 5.41) is 9.08. The predicted molar refractivity (Wildman–Crippen MR) is 60.7 cm³/mol. The molecule has 0 amide bonds. The first-order chi connectivity index (χ1) is 7.82. The molecule has 1 heterocycles. The molecule has 0 bridgehead atoms. The molecule has 8 heteroatoms. The maximum Gasteiger partial charge on any atom is 0.313 e. The van der Waals surface area contributed by atoms with Crippen LogP contribution in [0.5, 0.6) is 0 Å². The Morgan fingerprint density at radius 1 is 1.59 bits per heavy atom. The fourth-order valence-corrected chi connectivity index (χ4v) is 2.77. The van der Waals surface area contributed by atoms with Gasteiger partial charge in [-0.2, -0.15) is 13.1 Å². The molecule has 1 fully saturated rings. The maximum absolute atomic E-state index is 11.6. The molecule has 1 aliphatic rings. The van der Waals surface area contributed by atoms with Gasteiger partial charge in [-0.3, -0.25) is 4.79 Å². The van der Waals surface area contributed by atoms with E-state index in [4.69, 9.17) is 9.84 Å². The van der Waals surface area contributed by atoms with Gasteiger partial charge in [0.1, 0.15) is 5.41 Å². The lowest BCUT2D eigenvalue weighted by atomic mass is 9.86. The van der Waals surface area contributed by atoms with Crippen LogP contribution in [-0.2, 0) is 19.7 Å². The molecule has 1 saturated heterocycles. The number of ether oxygens (including phenoxy) is 1. The van der Waals surface area contributed by atoms with E-state index in [2.05, 4.69) is 9.44 Å². The van der Waals surface area contributed by atoms with Crippen molar-refractivity contribution >= 4 is 16.2 Å². The Bertz CT molecular complexity index is 383. The Kier molecular flexibility index (Phi) is 4.48. The molecule has 0 aromatic heterocycles. The van der Waals surface area contributed by atoms with E-state index in [0.717, 1.165) is 0 Å². The minimum Gasteiger partial charge on any atom is -0.481 e. The maximum atomic E-state index is 11.6. The van der Waals surface area contributed by atoms with E-state index in [1.54, 1.807) is 0 Å². The van der Waals surface area contributed by atoms with Crippen LogP contribution in [0.15, 0.2) is 0 Å². The molecule has 0 aromatic carbocycles. The van der Waals surface area contributed by atoms with Gasteiger partial charge in [0, 0.05) is 6.54 Å². The molecule has 0 saturated carbocycles. The van der Waals surface area contributed by atoms with Crippen molar-refractivity contribution in [3.63, 3.8) is 0 Å². The van der Waals surface area contributed by atoms with Crippen LogP contribution in [0.4, 0.5) is 0 Å². The average Bonchev–Trinajstić information content (AvgIpc) is 2.58. The van der Waals surface area contributed by atoms with Crippen LogP contribution in [0.3, 0.4) is 0 Å². The van der Waals surface area contributed by atoms with Crippen molar-refractivity contribution < 1.29 is 23.1 Å². The normalized spacial score (nSPS) is 29.4. The lowest BCUT2D eigenvalue weighted by molar-refractivity contribution is -0.148. The van der Waals surface area contributed by atoms with Crippen LogP contribution in [0.25, 0.3) is 0 Å². The fraction of sp³-hybridized carbons (Fsp3) is 0.889. The molecule has 0 aromatic rings. The highest BCUT2D eigenvalue weighted by atomic mass is 32.2. The van der Waals surface area contributed by atoms with E-state index in [1.807, 2.05) is 6.92 Å². The summed E-state index contributed by atoms with van der Waals surface area (Å²) >= 11 is 0. The lowest BCUT2D eigenvalue weighted by Gasteiger charge is -2.25. The number of hydrogen-bond acceptors (Lipinski definition) is 4. The number of hydrogen-bond donors (Lipinski definition) is 3. The molecule has 2 unspecified atom stereocenters. The van der Waals surface area contributed by atoms with E-state index in [1.165, 1.54) is 6.92 Å². The Morgan fingerprint density at radius 3 is 2.76 bits per heavy atom. The first kappa shape index (κ1) is 14.4. The number of rotatable bonds is 6. The van der Waals surface area contributed by atoms with Gasteiger partial charge < -0.3 is 9.84 Å². The van der Waals surface area contributed by atoms with Crippen LogP contribution < -0.4 is 9.44 Å². The number of nitrogens with one attached hydrogen (secondary N) is 2. The number of carboxylic acid groups (broad SMARTS) is 1. The molecule has 1 rings (SSSR count). The van der Waals surface area contributed by atoms with Gasteiger partial charge in [0.25, 0.3) is 10.2 Å². The average molecular weight is 266 g/mol. The van der Waals surface area contributed by atoms with Crippen molar-refractivity contribution in [2.45, 2.75) is 26.3 Å². The third-order valence-corrected chi connectivity index (χ3v) is 3.96. The van der Waals surface area contributed by atoms with Crippen molar-refractivity contribution in [1.82, 2.24) is 9.44 Å². The summed E-state index contributed by atoms with van der Waals surface area (Å²) in [6.07, 6.45) is 0.665. The molecule has 1 aliphatic heterocycles. The first-order valence-corrected chi connectivity index (χ1v) is 6.88. The summed E-state index contributed by atoms with van der Waals surface area (Å²) in [5.41, 5.74) is -1.22. The zero-order valence-corrected chi connectivity index (χ0v) is 10.7. The largest absolute Gasteiger partial charge is 0.481 e. The molecule has 2 atom stereocenters. The third kappa shape index (κ3) is 3.38. The number of carboxylic acids is 1. The zero-order chi connectivity index (χ0) is 13.1. The van der Waals surface area contributed by atoms with Gasteiger partial charge >= 0.3 is 5.97 Å². The Labute approximate surface area is 101 Å². The highest BCUT2D eigenvalue weighted by Gasteiger charge is 2.48. The van der Waals surface area contributed by atoms with Crippen molar-refractivity contribution in [3.8, 4) is 0 Å². The van der Waals surface area contributed by atoms with Gasteiger partial charge in [-0.05, 0) is 13.3 Å². The molecule has 17 heavy (non-hydrogen) atoms. The van der Waals surface area contributed by atoms with Crippen molar-refractivity contribution in [1.29, 1.82) is 0 Å². The SMILES string of the molecule is CCCNS(=O)(=O)NC1COCC1(C)C(=O)O. The second-order valence-electron chi connectivity index (χ2n) is 4.31. The summed E-state index contributed by atoms with van der Waals surface area (Å²) < 4.78 is 32.9. The van der Waals surface area contributed by atoms with Gasteiger partial charge in [0.2, 0.25) is 0 Å². The second-order valence-corrected chi connectivity index (χ2v) is 5.84. The van der Waals surface area contributed by atoms with Crippen LogP contribution in [-0.4, -0.2) is 45.3 Å². The van der Waals surface area contributed by atoms with Crippen molar-refractivity contribution in [2.24, 2.45) is 5.41 Å². The molecule has 0 aliphatic carbocycles. The molecular formula is C9H18N2O5S. The lowest BCUT2D eigenvalue weighted by Crippen LogP contribution is -2.52. The molecule has 7 nitrogen and oxygen atoms in total. The first-order valence-electron chi connectivity index (χ1n) is 5.40. The van der Waals surface area contributed by atoms with Gasteiger partial charge in [0.15, 0.2) is 0 Å². The third-order valence-electron chi connectivity index (χ3n) is 2.78. The standard InChI is InChI=1S/C9H18N2O5S/c1-3-4-10-17(14,15)11-7-5-16-6-9(7,2)8(12)13/h7,10-11H,3-6H2,1-2H3,(H,12,13). The van der Waals surface area contributed by atoms with Crippen LogP contribution in [0.2, 0.25) is 0 Å². The summed E-state index contributed by atoms with van der Waals surface area (Å²) in [5.74, 6) is -1.07. The monoisotopic (exact) mass is 266 g/mol. The number of aliphatic carboxylic acids is 1. The topological polar surface area (TPSA) is 105 Å². The zero-order valence-electron chi connectivity index (χ0n) is 9.89. The molecule has 0 spiro atoms. The summed E-state index contributed by atoms with van der Waals surface area (Å²) in [6.45, 7) is 3.68. The van der Waals surface area contributed by atoms with E-state index in [9.17, 15) is 13.2 Å². The summed E-state index contributed by atoms with van der Waals surface area (Å²) in [4.78, 5) is 11.1. The molecule has 0 radical (unpaired) electrons. The molecule has 3 N–H and O–H groups in total.